The Morgan fingerprint density at radius 3 is 2.19 bits per heavy atom. The normalized spacial score (nSPS) is 11.7. The number of benzene rings is 2. The Hall–Kier alpha value is -3.02. The number of ether oxygens (including phenoxy) is 2. The Morgan fingerprint density at radius 2 is 1.65 bits per heavy atom. The third-order valence-electron chi connectivity index (χ3n) is 5.17. The zero-order valence-corrected chi connectivity index (χ0v) is 19.4. The summed E-state index contributed by atoms with van der Waals surface area (Å²) < 4.78 is 11.0. The quantitative estimate of drug-likeness (QED) is 0.623. The number of amides is 2. The fraction of sp³-hybridized carbons (Fsp3) is 0.440. The van der Waals surface area contributed by atoms with Crippen LogP contribution < -0.4 is 14.8 Å². The van der Waals surface area contributed by atoms with E-state index in [0.29, 0.717) is 18.7 Å². The van der Waals surface area contributed by atoms with Crippen molar-refractivity contribution in [2.45, 2.75) is 59.7 Å². The van der Waals surface area contributed by atoms with Crippen molar-refractivity contribution in [2.24, 2.45) is 0 Å². The lowest BCUT2D eigenvalue weighted by atomic mass is 10.1. The van der Waals surface area contributed by atoms with Crippen molar-refractivity contribution in [3.63, 3.8) is 0 Å². The number of carbonyl (C=O) groups excluding carboxylic acids is 2. The molecule has 0 bridgehead atoms. The highest BCUT2D eigenvalue weighted by Crippen LogP contribution is 2.19. The Balaban J connectivity index is 2.21. The van der Waals surface area contributed by atoms with E-state index in [-0.39, 0.29) is 24.5 Å². The van der Waals surface area contributed by atoms with Gasteiger partial charge in [-0.3, -0.25) is 9.59 Å². The summed E-state index contributed by atoms with van der Waals surface area (Å²) in [5.41, 5.74) is 3.18. The van der Waals surface area contributed by atoms with Gasteiger partial charge in [-0.25, -0.2) is 0 Å². The molecule has 0 saturated carbocycles. The third-order valence-corrected chi connectivity index (χ3v) is 5.17. The van der Waals surface area contributed by atoms with Crippen molar-refractivity contribution in [3.8, 4) is 11.5 Å². The van der Waals surface area contributed by atoms with Crippen LogP contribution in [0.4, 0.5) is 0 Å². The van der Waals surface area contributed by atoms with Crippen LogP contribution in [0, 0.1) is 13.8 Å². The fourth-order valence-electron chi connectivity index (χ4n) is 3.26. The average Bonchev–Trinajstić information content (AvgIpc) is 2.74. The molecular weight excluding hydrogens is 392 g/mol. The van der Waals surface area contributed by atoms with E-state index < -0.39 is 6.04 Å². The van der Waals surface area contributed by atoms with Gasteiger partial charge < -0.3 is 19.7 Å². The first kappa shape index (κ1) is 24.3. The molecule has 0 radical (unpaired) electrons. The Bertz CT molecular complexity index is 878. The molecule has 0 heterocycles. The van der Waals surface area contributed by atoms with Crippen LogP contribution in [-0.4, -0.2) is 42.5 Å². The van der Waals surface area contributed by atoms with Gasteiger partial charge in [0.05, 0.1) is 7.11 Å². The summed E-state index contributed by atoms with van der Waals surface area (Å²) in [6, 6.07) is 12.6. The summed E-state index contributed by atoms with van der Waals surface area (Å²) in [6.45, 7) is 9.92. The third kappa shape index (κ3) is 7.02. The molecule has 1 atom stereocenters. The largest absolute Gasteiger partial charge is 0.497 e. The highest BCUT2D eigenvalue weighted by atomic mass is 16.5. The standard InChI is InChI=1S/C25H34N2O4/c1-7-23(25(29)26-17(2)3)27(15-20-9-12-21(30-6)13-10-20)24(28)16-31-22-11-8-18(4)19(5)14-22/h8-14,17,23H,7,15-16H2,1-6H3,(H,26,29)/t23-/m0/s1. The van der Waals surface area contributed by atoms with Crippen LogP contribution in [0.15, 0.2) is 42.5 Å². The van der Waals surface area contributed by atoms with Gasteiger partial charge in [0.25, 0.3) is 5.91 Å². The summed E-state index contributed by atoms with van der Waals surface area (Å²) in [4.78, 5) is 27.6. The van der Waals surface area contributed by atoms with Crippen LogP contribution in [0.3, 0.4) is 0 Å². The predicted molar refractivity (Wildman–Crippen MR) is 122 cm³/mol. The highest BCUT2D eigenvalue weighted by molar-refractivity contribution is 5.88. The van der Waals surface area contributed by atoms with E-state index in [2.05, 4.69) is 5.32 Å². The molecule has 1 N–H and O–H groups in total. The van der Waals surface area contributed by atoms with Crippen molar-refractivity contribution < 1.29 is 19.1 Å². The van der Waals surface area contributed by atoms with E-state index in [0.717, 1.165) is 22.4 Å². The van der Waals surface area contributed by atoms with Crippen molar-refractivity contribution >= 4 is 11.8 Å². The smallest absolute Gasteiger partial charge is 0.261 e. The number of rotatable bonds is 10. The van der Waals surface area contributed by atoms with Crippen LogP contribution in [-0.2, 0) is 16.1 Å². The summed E-state index contributed by atoms with van der Waals surface area (Å²) >= 11 is 0. The van der Waals surface area contributed by atoms with E-state index in [1.807, 2.05) is 77.1 Å². The second-order valence-corrected chi connectivity index (χ2v) is 7.99. The molecule has 2 aromatic rings. The first-order chi connectivity index (χ1) is 14.7. The maximum Gasteiger partial charge on any atom is 0.261 e. The van der Waals surface area contributed by atoms with Crippen LogP contribution in [0.5, 0.6) is 11.5 Å². The second kappa shape index (κ2) is 11.4. The summed E-state index contributed by atoms with van der Waals surface area (Å²) in [5, 5.41) is 2.93. The zero-order valence-electron chi connectivity index (χ0n) is 19.4. The Morgan fingerprint density at radius 1 is 1.00 bits per heavy atom. The molecule has 6 heteroatoms. The van der Waals surface area contributed by atoms with E-state index in [1.165, 1.54) is 0 Å². The zero-order chi connectivity index (χ0) is 23.0. The van der Waals surface area contributed by atoms with Gasteiger partial charge in [-0.05, 0) is 75.1 Å². The molecule has 0 saturated heterocycles. The maximum absolute atomic E-state index is 13.2. The highest BCUT2D eigenvalue weighted by Gasteiger charge is 2.29. The van der Waals surface area contributed by atoms with Crippen molar-refractivity contribution in [1.82, 2.24) is 10.2 Å². The molecule has 0 aliphatic carbocycles. The molecule has 168 valence electrons. The molecule has 0 fully saturated rings. The molecule has 31 heavy (non-hydrogen) atoms. The first-order valence-electron chi connectivity index (χ1n) is 10.7. The molecule has 2 amide bonds. The number of hydrogen-bond donors (Lipinski definition) is 1. The first-order valence-corrected chi connectivity index (χ1v) is 10.7. The van der Waals surface area contributed by atoms with E-state index in [4.69, 9.17) is 9.47 Å². The number of aryl methyl sites for hydroxylation is 2. The molecular formula is C25H34N2O4. The summed E-state index contributed by atoms with van der Waals surface area (Å²) in [6.07, 6.45) is 0.504. The lowest BCUT2D eigenvalue weighted by molar-refractivity contribution is -0.143. The van der Waals surface area contributed by atoms with Gasteiger partial charge >= 0.3 is 0 Å². The van der Waals surface area contributed by atoms with Crippen LogP contribution >= 0.6 is 0 Å². The van der Waals surface area contributed by atoms with Gasteiger partial charge in [0.2, 0.25) is 5.91 Å². The summed E-state index contributed by atoms with van der Waals surface area (Å²) in [7, 11) is 1.61. The van der Waals surface area contributed by atoms with Gasteiger partial charge in [-0.1, -0.05) is 25.1 Å². The monoisotopic (exact) mass is 426 g/mol. The van der Waals surface area contributed by atoms with E-state index in [9.17, 15) is 9.59 Å². The SMILES string of the molecule is CC[C@@H](C(=O)NC(C)C)N(Cc1ccc(OC)cc1)C(=O)COc1ccc(C)c(C)c1. The molecule has 2 aromatic carbocycles. The molecule has 0 aromatic heterocycles. The fourth-order valence-corrected chi connectivity index (χ4v) is 3.26. The van der Waals surface area contributed by atoms with Gasteiger partial charge in [-0.2, -0.15) is 0 Å². The number of hydrogen-bond acceptors (Lipinski definition) is 4. The maximum atomic E-state index is 13.2. The van der Waals surface area contributed by atoms with Gasteiger partial charge in [-0.15, -0.1) is 0 Å². The minimum Gasteiger partial charge on any atom is -0.497 e. The van der Waals surface area contributed by atoms with E-state index in [1.54, 1.807) is 12.0 Å². The average molecular weight is 427 g/mol. The van der Waals surface area contributed by atoms with Crippen LogP contribution in [0.2, 0.25) is 0 Å². The topological polar surface area (TPSA) is 67.9 Å². The minimum atomic E-state index is -0.583. The van der Waals surface area contributed by atoms with Gasteiger partial charge in [0.1, 0.15) is 17.5 Å². The van der Waals surface area contributed by atoms with E-state index >= 15 is 0 Å². The minimum absolute atomic E-state index is 0.00808. The summed E-state index contributed by atoms with van der Waals surface area (Å²) in [5.74, 6) is 0.982. The molecule has 0 spiro atoms. The van der Waals surface area contributed by atoms with Crippen molar-refractivity contribution in [3.05, 3.63) is 59.2 Å². The predicted octanol–water partition coefficient (Wildman–Crippen LogP) is 4.02. The molecule has 6 nitrogen and oxygen atoms in total. The van der Waals surface area contributed by atoms with Crippen LogP contribution in [0.1, 0.15) is 43.9 Å². The lowest BCUT2D eigenvalue weighted by Crippen LogP contribution is -2.51. The number of carbonyl (C=O) groups is 2. The molecule has 0 aliphatic heterocycles. The Labute approximate surface area is 185 Å². The number of nitrogens with zero attached hydrogens (tertiary/aromatic N) is 1. The number of methoxy groups -OCH3 is 1. The molecule has 2 rings (SSSR count). The van der Waals surface area contributed by atoms with Gasteiger partial charge in [0, 0.05) is 12.6 Å². The lowest BCUT2D eigenvalue weighted by Gasteiger charge is -2.31. The van der Waals surface area contributed by atoms with Crippen molar-refractivity contribution in [2.75, 3.05) is 13.7 Å². The molecule has 0 unspecified atom stereocenters. The number of nitrogens with one attached hydrogen (secondary N) is 1. The van der Waals surface area contributed by atoms with Crippen LogP contribution in [0.25, 0.3) is 0 Å². The Kier molecular flexibility index (Phi) is 8.91. The van der Waals surface area contributed by atoms with Gasteiger partial charge in [0.15, 0.2) is 6.61 Å². The molecule has 0 aliphatic rings. The second-order valence-electron chi connectivity index (χ2n) is 7.99. The van der Waals surface area contributed by atoms with Crippen molar-refractivity contribution in [1.29, 1.82) is 0 Å².